The van der Waals surface area contributed by atoms with Gasteiger partial charge in [0.05, 0.1) is 12.0 Å². The van der Waals surface area contributed by atoms with Crippen molar-refractivity contribution < 1.29 is 14.3 Å². The maximum Gasteiger partial charge on any atom is 0.410 e. The van der Waals surface area contributed by atoms with E-state index < -0.39 is 0 Å². The molecule has 10 nitrogen and oxygen atoms in total. The molecule has 0 bridgehead atoms. The number of nitrogens with one attached hydrogen (secondary N) is 1. The van der Waals surface area contributed by atoms with Crippen LogP contribution >= 0.6 is 0 Å². The van der Waals surface area contributed by atoms with Crippen molar-refractivity contribution in [3.63, 3.8) is 0 Å². The number of nitrogens with zero attached hydrogens (tertiary/aromatic N) is 6. The molecule has 0 aliphatic carbocycles. The minimum atomic E-state index is -0.273. The number of fused-ring (bicyclic) bond motifs is 1. The van der Waals surface area contributed by atoms with Crippen LogP contribution in [0.5, 0.6) is 0 Å². The molecule has 4 heterocycles. The normalized spacial score (nSPS) is 22.7. The summed E-state index contributed by atoms with van der Waals surface area (Å²) in [5, 5.41) is 11.3. The molecule has 0 aromatic carbocycles. The van der Waals surface area contributed by atoms with Crippen LogP contribution in [0.3, 0.4) is 0 Å². The molecule has 2 fully saturated rings. The molecule has 0 saturated carbocycles. The summed E-state index contributed by atoms with van der Waals surface area (Å²) < 4.78 is 7.09. The number of likely N-dealkylation sites (tertiary alicyclic amines) is 1. The van der Waals surface area contributed by atoms with Gasteiger partial charge >= 0.3 is 6.09 Å². The van der Waals surface area contributed by atoms with E-state index in [2.05, 4.69) is 32.3 Å². The van der Waals surface area contributed by atoms with Crippen LogP contribution in [0.1, 0.15) is 33.6 Å². The molecule has 2 aromatic heterocycles. The van der Waals surface area contributed by atoms with E-state index in [1.807, 2.05) is 24.4 Å². The van der Waals surface area contributed by atoms with Gasteiger partial charge in [0.25, 0.3) is 0 Å². The molecule has 10 heteroatoms. The van der Waals surface area contributed by atoms with Crippen molar-refractivity contribution in [1.82, 2.24) is 29.8 Å². The lowest BCUT2D eigenvalue weighted by Crippen LogP contribution is -2.49. The Morgan fingerprint density at radius 1 is 1.23 bits per heavy atom. The molecule has 162 valence electrons. The number of hydrogen-bond acceptors (Lipinski definition) is 7. The van der Waals surface area contributed by atoms with E-state index in [-0.39, 0.29) is 36.0 Å². The van der Waals surface area contributed by atoms with Crippen LogP contribution in [0.25, 0.3) is 5.65 Å². The minimum absolute atomic E-state index is 0.0709. The second kappa shape index (κ2) is 8.45. The third-order valence-electron chi connectivity index (χ3n) is 5.88. The summed E-state index contributed by atoms with van der Waals surface area (Å²) in [7, 11) is 0. The highest BCUT2D eigenvalue weighted by Gasteiger charge is 2.37. The number of carbonyl (C=O) groups is 2. The van der Waals surface area contributed by atoms with Crippen LogP contribution in [-0.4, -0.2) is 74.8 Å². The quantitative estimate of drug-likeness (QED) is 0.803. The second-order valence-corrected chi connectivity index (χ2v) is 8.50. The Balaban J connectivity index is 1.32. The summed E-state index contributed by atoms with van der Waals surface area (Å²) >= 11 is 0. The number of piperidine rings is 1. The average Bonchev–Trinajstić information content (AvgIpc) is 3.34. The Labute approximate surface area is 175 Å². The zero-order valence-electron chi connectivity index (χ0n) is 17.7. The lowest BCUT2D eigenvalue weighted by molar-refractivity contribution is -0.126. The van der Waals surface area contributed by atoms with Crippen molar-refractivity contribution in [3.8, 4) is 0 Å². The Morgan fingerprint density at radius 3 is 2.73 bits per heavy atom. The van der Waals surface area contributed by atoms with E-state index in [4.69, 9.17) is 4.74 Å². The van der Waals surface area contributed by atoms with Crippen molar-refractivity contribution in [2.24, 2.45) is 11.8 Å². The van der Waals surface area contributed by atoms with Gasteiger partial charge in [-0.25, -0.2) is 9.78 Å². The summed E-state index contributed by atoms with van der Waals surface area (Å²) in [6.07, 6.45) is 6.26. The van der Waals surface area contributed by atoms with Gasteiger partial charge < -0.3 is 19.9 Å². The predicted octanol–water partition coefficient (Wildman–Crippen LogP) is 1.32. The topological polar surface area (TPSA) is 105 Å². The van der Waals surface area contributed by atoms with Crippen LogP contribution < -0.4 is 10.2 Å². The van der Waals surface area contributed by atoms with Crippen LogP contribution in [0.4, 0.5) is 10.6 Å². The van der Waals surface area contributed by atoms with Crippen LogP contribution in [0, 0.1) is 11.8 Å². The molecule has 2 saturated heterocycles. The molecule has 2 amide bonds. The van der Waals surface area contributed by atoms with Gasteiger partial charge in [0.1, 0.15) is 6.33 Å². The van der Waals surface area contributed by atoms with Gasteiger partial charge in [-0.05, 0) is 32.6 Å². The first-order valence-electron chi connectivity index (χ1n) is 10.6. The molecule has 0 unspecified atom stereocenters. The molecule has 0 radical (unpaired) electrons. The van der Waals surface area contributed by atoms with Crippen molar-refractivity contribution in [2.45, 2.75) is 45.8 Å². The molecular formula is C20H29N7O3. The summed E-state index contributed by atoms with van der Waals surface area (Å²) in [5.74, 6) is 0.922. The van der Waals surface area contributed by atoms with Gasteiger partial charge in [-0.15, -0.1) is 10.2 Å². The highest BCUT2D eigenvalue weighted by molar-refractivity contribution is 5.81. The van der Waals surface area contributed by atoms with E-state index >= 15 is 0 Å². The van der Waals surface area contributed by atoms with Gasteiger partial charge in [0, 0.05) is 44.6 Å². The number of anilines is 1. The van der Waals surface area contributed by atoms with Gasteiger partial charge in [-0.1, -0.05) is 6.92 Å². The average molecular weight is 415 g/mol. The van der Waals surface area contributed by atoms with Crippen molar-refractivity contribution in [2.75, 3.05) is 31.1 Å². The minimum Gasteiger partial charge on any atom is -0.447 e. The Morgan fingerprint density at radius 2 is 2.00 bits per heavy atom. The molecular weight excluding hydrogens is 386 g/mol. The number of carbonyl (C=O) groups excluding carboxylic acids is 2. The van der Waals surface area contributed by atoms with Gasteiger partial charge in [-0.2, -0.15) is 0 Å². The first kappa shape index (κ1) is 20.4. The highest BCUT2D eigenvalue weighted by atomic mass is 16.6. The molecule has 2 atom stereocenters. The fourth-order valence-electron chi connectivity index (χ4n) is 4.24. The summed E-state index contributed by atoms with van der Waals surface area (Å²) in [6.45, 7) is 8.33. The van der Waals surface area contributed by atoms with E-state index in [0.717, 1.165) is 25.2 Å². The fourth-order valence-corrected chi connectivity index (χ4v) is 4.24. The smallest absolute Gasteiger partial charge is 0.410 e. The lowest BCUT2D eigenvalue weighted by Gasteiger charge is -2.32. The maximum atomic E-state index is 13.0. The zero-order chi connectivity index (χ0) is 21.3. The Bertz CT molecular complexity index is 907. The van der Waals surface area contributed by atoms with Gasteiger partial charge in [-0.3, -0.25) is 9.20 Å². The van der Waals surface area contributed by atoms with E-state index in [0.29, 0.717) is 25.3 Å². The first-order chi connectivity index (χ1) is 14.4. The fraction of sp³-hybridized carbons (Fsp3) is 0.650. The van der Waals surface area contributed by atoms with Gasteiger partial charge in [0.15, 0.2) is 5.82 Å². The maximum absolute atomic E-state index is 13.0. The third kappa shape index (κ3) is 4.17. The molecule has 1 N–H and O–H groups in total. The second-order valence-electron chi connectivity index (χ2n) is 8.50. The van der Waals surface area contributed by atoms with E-state index in [9.17, 15) is 9.59 Å². The zero-order valence-corrected chi connectivity index (χ0v) is 17.7. The molecule has 30 heavy (non-hydrogen) atoms. The Hall–Kier alpha value is -2.91. The molecule has 0 spiro atoms. The summed E-state index contributed by atoms with van der Waals surface area (Å²) in [4.78, 5) is 33.3. The van der Waals surface area contributed by atoms with E-state index in [1.165, 1.54) is 0 Å². The lowest BCUT2D eigenvalue weighted by atomic mass is 9.96. The number of hydrogen-bond donors (Lipinski definition) is 1. The first-order valence-corrected chi connectivity index (χ1v) is 10.6. The summed E-state index contributed by atoms with van der Waals surface area (Å²) in [6, 6.07) is 0.0832. The monoisotopic (exact) mass is 415 g/mol. The van der Waals surface area contributed by atoms with Gasteiger partial charge in [0.2, 0.25) is 11.6 Å². The number of ether oxygens (including phenoxy) is 1. The molecule has 4 rings (SSSR count). The SMILES string of the molecule is CC(C)OC(=O)N1CCC(NC(=O)[C@@H]2CN(c3nccn4cnnc34)C[C@H]2C)CC1. The molecule has 2 aliphatic heterocycles. The van der Waals surface area contributed by atoms with Crippen LogP contribution in [-0.2, 0) is 9.53 Å². The molecule has 2 aliphatic rings. The number of aromatic nitrogens is 4. The predicted molar refractivity (Wildman–Crippen MR) is 110 cm³/mol. The number of amides is 2. The standard InChI is InChI=1S/C20H29N7O3/c1-13(2)30-20(29)25-7-4-15(5-8-25)23-19(28)16-11-27(10-14(16)3)17-18-24-22-12-26(18)9-6-21-17/h6,9,12-16H,4-5,7-8,10-11H2,1-3H3,(H,23,28)/t14-,16-/m1/s1. The highest BCUT2D eigenvalue weighted by Crippen LogP contribution is 2.29. The van der Waals surface area contributed by atoms with Crippen molar-refractivity contribution >= 4 is 23.5 Å². The van der Waals surface area contributed by atoms with Crippen LogP contribution in [0.2, 0.25) is 0 Å². The van der Waals surface area contributed by atoms with Crippen molar-refractivity contribution in [1.29, 1.82) is 0 Å². The summed E-state index contributed by atoms with van der Waals surface area (Å²) in [5.41, 5.74) is 0.700. The Kier molecular flexibility index (Phi) is 5.74. The van der Waals surface area contributed by atoms with Crippen LogP contribution in [0.15, 0.2) is 18.7 Å². The van der Waals surface area contributed by atoms with E-state index in [1.54, 1.807) is 17.4 Å². The third-order valence-corrected chi connectivity index (χ3v) is 5.88. The van der Waals surface area contributed by atoms with Crippen molar-refractivity contribution in [3.05, 3.63) is 18.7 Å². The molecule has 2 aromatic rings. The number of rotatable bonds is 4. The largest absolute Gasteiger partial charge is 0.447 e.